The van der Waals surface area contributed by atoms with Crippen LogP contribution in [-0.4, -0.2) is 50.1 Å². The van der Waals surface area contributed by atoms with Crippen LogP contribution in [0.25, 0.3) is 0 Å². The number of urea groups is 1. The fourth-order valence-electron chi connectivity index (χ4n) is 2.52. The second-order valence-electron chi connectivity index (χ2n) is 5.30. The highest BCUT2D eigenvalue weighted by molar-refractivity contribution is 5.74. The van der Waals surface area contributed by atoms with Crippen molar-refractivity contribution in [3.05, 3.63) is 23.8 Å². The van der Waals surface area contributed by atoms with Gasteiger partial charge in [0.2, 0.25) is 6.79 Å². The smallest absolute Gasteiger partial charge is 0.317 e. The summed E-state index contributed by atoms with van der Waals surface area (Å²) in [5.41, 5.74) is 1.12. The van der Waals surface area contributed by atoms with Gasteiger partial charge in [-0.05, 0) is 31.0 Å². The van der Waals surface area contributed by atoms with E-state index in [0.29, 0.717) is 26.2 Å². The molecule has 21 heavy (non-hydrogen) atoms. The molecular formula is C15H20N2O4. The SMILES string of the molecule is CC1CN(C(=O)NCCc2ccc3c(c2)OCO3)CCO1. The van der Waals surface area contributed by atoms with Gasteiger partial charge in [0.05, 0.1) is 12.7 Å². The summed E-state index contributed by atoms with van der Waals surface area (Å²) in [5.74, 6) is 1.56. The third kappa shape index (κ3) is 3.39. The molecule has 114 valence electrons. The van der Waals surface area contributed by atoms with Gasteiger partial charge >= 0.3 is 6.03 Å². The van der Waals surface area contributed by atoms with Gasteiger partial charge < -0.3 is 24.4 Å². The normalized spacial score (nSPS) is 20.4. The largest absolute Gasteiger partial charge is 0.454 e. The van der Waals surface area contributed by atoms with Crippen molar-refractivity contribution in [1.82, 2.24) is 10.2 Å². The molecule has 1 atom stereocenters. The molecule has 0 saturated carbocycles. The van der Waals surface area contributed by atoms with Crippen molar-refractivity contribution in [1.29, 1.82) is 0 Å². The predicted molar refractivity (Wildman–Crippen MR) is 76.7 cm³/mol. The monoisotopic (exact) mass is 292 g/mol. The molecule has 0 radical (unpaired) electrons. The van der Waals surface area contributed by atoms with Gasteiger partial charge in [0.1, 0.15) is 0 Å². The highest BCUT2D eigenvalue weighted by Gasteiger charge is 2.20. The Bertz CT molecular complexity index is 520. The molecule has 0 aromatic heterocycles. The highest BCUT2D eigenvalue weighted by Crippen LogP contribution is 2.32. The lowest BCUT2D eigenvalue weighted by molar-refractivity contribution is -0.00342. The van der Waals surface area contributed by atoms with Crippen LogP contribution in [0.3, 0.4) is 0 Å². The molecule has 1 aromatic carbocycles. The van der Waals surface area contributed by atoms with Crippen molar-refractivity contribution >= 4 is 6.03 Å². The third-order valence-electron chi connectivity index (χ3n) is 3.66. The van der Waals surface area contributed by atoms with E-state index in [1.807, 2.05) is 25.1 Å². The number of rotatable bonds is 3. The lowest BCUT2D eigenvalue weighted by Gasteiger charge is -2.31. The number of nitrogens with one attached hydrogen (secondary N) is 1. The molecule has 1 saturated heterocycles. The maximum absolute atomic E-state index is 12.0. The summed E-state index contributed by atoms with van der Waals surface area (Å²) in [6.45, 7) is 4.77. The van der Waals surface area contributed by atoms with Crippen LogP contribution in [0.4, 0.5) is 4.79 Å². The van der Waals surface area contributed by atoms with E-state index in [1.165, 1.54) is 0 Å². The molecule has 3 rings (SSSR count). The Morgan fingerprint density at radius 1 is 1.38 bits per heavy atom. The van der Waals surface area contributed by atoms with E-state index < -0.39 is 0 Å². The predicted octanol–water partition coefficient (Wildman–Crippen LogP) is 1.39. The maximum atomic E-state index is 12.0. The number of ether oxygens (including phenoxy) is 3. The molecule has 2 amide bonds. The van der Waals surface area contributed by atoms with Crippen LogP contribution in [0.1, 0.15) is 12.5 Å². The minimum Gasteiger partial charge on any atom is -0.454 e. The van der Waals surface area contributed by atoms with Gasteiger partial charge in [0, 0.05) is 19.6 Å². The lowest BCUT2D eigenvalue weighted by Crippen LogP contribution is -2.49. The van der Waals surface area contributed by atoms with Crippen LogP contribution < -0.4 is 14.8 Å². The second kappa shape index (κ2) is 6.22. The molecule has 1 aromatic rings. The van der Waals surface area contributed by atoms with Crippen LogP contribution in [0, 0.1) is 0 Å². The summed E-state index contributed by atoms with van der Waals surface area (Å²) in [4.78, 5) is 13.8. The van der Waals surface area contributed by atoms with E-state index in [-0.39, 0.29) is 18.9 Å². The zero-order valence-corrected chi connectivity index (χ0v) is 12.1. The third-order valence-corrected chi connectivity index (χ3v) is 3.66. The molecule has 0 bridgehead atoms. The van der Waals surface area contributed by atoms with Gasteiger partial charge in [-0.3, -0.25) is 0 Å². The Morgan fingerprint density at radius 3 is 3.10 bits per heavy atom. The number of carbonyl (C=O) groups excluding carboxylic acids is 1. The summed E-state index contributed by atoms with van der Waals surface area (Å²) in [6.07, 6.45) is 0.876. The highest BCUT2D eigenvalue weighted by atomic mass is 16.7. The van der Waals surface area contributed by atoms with Crippen LogP contribution >= 0.6 is 0 Å². The Morgan fingerprint density at radius 2 is 2.24 bits per heavy atom. The van der Waals surface area contributed by atoms with Crippen LogP contribution in [0.5, 0.6) is 11.5 Å². The standard InChI is InChI=1S/C15H20N2O4/c1-11-9-17(6-7-19-11)15(18)16-5-4-12-2-3-13-14(8-12)21-10-20-13/h2-3,8,11H,4-7,9-10H2,1H3,(H,16,18). The van der Waals surface area contributed by atoms with E-state index in [0.717, 1.165) is 23.5 Å². The first-order valence-corrected chi connectivity index (χ1v) is 7.25. The number of nitrogens with zero attached hydrogens (tertiary/aromatic N) is 1. The number of benzene rings is 1. The van der Waals surface area contributed by atoms with E-state index in [1.54, 1.807) is 4.90 Å². The summed E-state index contributed by atoms with van der Waals surface area (Å²) < 4.78 is 16.0. The van der Waals surface area contributed by atoms with Crippen LogP contribution in [0.2, 0.25) is 0 Å². The van der Waals surface area contributed by atoms with E-state index >= 15 is 0 Å². The molecule has 0 aliphatic carbocycles. The molecule has 2 aliphatic heterocycles. The minimum absolute atomic E-state index is 0.0223. The molecule has 6 heteroatoms. The Labute approximate surface area is 124 Å². The molecule has 1 unspecified atom stereocenters. The molecule has 2 aliphatic rings. The van der Waals surface area contributed by atoms with Crippen LogP contribution in [-0.2, 0) is 11.2 Å². The first-order valence-electron chi connectivity index (χ1n) is 7.25. The number of fused-ring (bicyclic) bond motifs is 1. The van der Waals surface area contributed by atoms with Crippen molar-refractivity contribution in [2.45, 2.75) is 19.4 Å². The van der Waals surface area contributed by atoms with Crippen LogP contribution in [0.15, 0.2) is 18.2 Å². The van der Waals surface area contributed by atoms with Crippen molar-refractivity contribution in [3.63, 3.8) is 0 Å². The van der Waals surface area contributed by atoms with Crippen molar-refractivity contribution in [3.8, 4) is 11.5 Å². The Balaban J connectivity index is 1.46. The molecule has 2 heterocycles. The zero-order valence-electron chi connectivity index (χ0n) is 12.1. The maximum Gasteiger partial charge on any atom is 0.317 e. The lowest BCUT2D eigenvalue weighted by atomic mass is 10.1. The second-order valence-corrected chi connectivity index (χ2v) is 5.30. The molecule has 0 spiro atoms. The minimum atomic E-state index is -0.0223. The first kappa shape index (κ1) is 14.0. The fraction of sp³-hybridized carbons (Fsp3) is 0.533. The summed E-state index contributed by atoms with van der Waals surface area (Å²) in [6, 6.07) is 5.84. The topological polar surface area (TPSA) is 60.0 Å². The Kier molecular flexibility index (Phi) is 4.15. The van der Waals surface area contributed by atoms with Gasteiger partial charge in [0.25, 0.3) is 0 Å². The quantitative estimate of drug-likeness (QED) is 0.914. The van der Waals surface area contributed by atoms with Crippen molar-refractivity contribution in [2.24, 2.45) is 0 Å². The first-order chi connectivity index (χ1) is 10.2. The van der Waals surface area contributed by atoms with Gasteiger partial charge in [-0.2, -0.15) is 0 Å². The number of amides is 2. The average molecular weight is 292 g/mol. The van der Waals surface area contributed by atoms with Crippen molar-refractivity contribution in [2.75, 3.05) is 33.0 Å². The summed E-state index contributed by atoms with van der Waals surface area (Å²) in [5, 5.41) is 2.95. The fourth-order valence-corrected chi connectivity index (χ4v) is 2.52. The molecule has 1 fully saturated rings. The van der Waals surface area contributed by atoms with Gasteiger partial charge in [0.15, 0.2) is 11.5 Å². The number of morpholine rings is 1. The van der Waals surface area contributed by atoms with Gasteiger partial charge in [-0.25, -0.2) is 4.79 Å². The number of hydrogen-bond acceptors (Lipinski definition) is 4. The Hall–Kier alpha value is -1.95. The summed E-state index contributed by atoms with van der Waals surface area (Å²) >= 11 is 0. The van der Waals surface area contributed by atoms with Gasteiger partial charge in [-0.1, -0.05) is 6.07 Å². The van der Waals surface area contributed by atoms with Gasteiger partial charge in [-0.15, -0.1) is 0 Å². The number of hydrogen-bond donors (Lipinski definition) is 1. The molecule has 1 N–H and O–H groups in total. The van der Waals surface area contributed by atoms with E-state index in [4.69, 9.17) is 14.2 Å². The molecular weight excluding hydrogens is 272 g/mol. The summed E-state index contributed by atoms with van der Waals surface area (Å²) in [7, 11) is 0. The average Bonchev–Trinajstić information content (AvgIpc) is 2.94. The molecule has 6 nitrogen and oxygen atoms in total. The zero-order chi connectivity index (χ0) is 14.7. The van der Waals surface area contributed by atoms with Crippen molar-refractivity contribution < 1.29 is 19.0 Å². The van der Waals surface area contributed by atoms with E-state index in [2.05, 4.69) is 5.32 Å². The number of carbonyl (C=O) groups is 1. The van der Waals surface area contributed by atoms with E-state index in [9.17, 15) is 4.79 Å².